The second-order valence-corrected chi connectivity index (χ2v) is 8.42. The summed E-state index contributed by atoms with van der Waals surface area (Å²) in [6.07, 6.45) is 4.14. The van der Waals surface area contributed by atoms with Gasteiger partial charge in [0.15, 0.2) is 0 Å². The Morgan fingerprint density at radius 3 is 2.31 bits per heavy atom. The third-order valence-corrected chi connectivity index (χ3v) is 6.54. The van der Waals surface area contributed by atoms with E-state index in [4.69, 9.17) is 0 Å². The van der Waals surface area contributed by atoms with Gasteiger partial charge in [0.25, 0.3) is 0 Å². The molecule has 2 aliphatic rings. The van der Waals surface area contributed by atoms with Crippen LogP contribution in [0.15, 0.2) is 48.5 Å². The van der Waals surface area contributed by atoms with Crippen molar-refractivity contribution >= 4 is 27.3 Å². The van der Waals surface area contributed by atoms with Gasteiger partial charge in [-0.3, -0.25) is 4.31 Å². The summed E-state index contributed by atoms with van der Waals surface area (Å²) in [5, 5.41) is 3.44. The van der Waals surface area contributed by atoms with Gasteiger partial charge in [0, 0.05) is 12.6 Å². The number of rotatable bonds is 7. The minimum absolute atomic E-state index is 0.0536. The van der Waals surface area contributed by atoms with E-state index in [1.165, 1.54) is 29.3 Å². The van der Waals surface area contributed by atoms with Gasteiger partial charge in [-0.15, -0.1) is 0 Å². The van der Waals surface area contributed by atoms with Crippen LogP contribution in [0.25, 0.3) is 0 Å². The highest BCUT2D eigenvalue weighted by atomic mass is 32.2. The Morgan fingerprint density at radius 2 is 1.62 bits per heavy atom. The molecule has 138 valence electrons. The molecule has 1 N–H and O–H groups in total. The number of benzene rings is 2. The monoisotopic (exact) mass is 375 g/mol. The predicted molar refractivity (Wildman–Crippen MR) is 102 cm³/mol. The first-order valence-corrected chi connectivity index (χ1v) is 10.4. The molecule has 5 nitrogen and oxygen atoms in total. The van der Waals surface area contributed by atoms with Crippen LogP contribution in [-0.2, 0) is 10.2 Å². The quantitative estimate of drug-likeness (QED) is 0.753. The molecule has 1 aliphatic carbocycles. The zero-order valence-electron chi connectivity index (χ0n) is 14.4. The van der Waals surface area contributed by atoms with Crippen LogP contribution >= 0.6 is 0 Å². The van der Waals surface area contributed by atoms with Gasteiger partial charge in [-0.1, -0.05) is 24.3 Å². The first kappa shape index (κ1) is 17.3. The Balaban J connectivity index is 1.58. The lowest BCUT2D eigenvalue weighted by Gasteiger charge is -2.22. The molecule has 2 aromatic carbocycles. The number of halogens is 1. The lowest BCUT2D eigenvalue weighted by Crippen LogP contribution is -2.36. The van der Waals surface area contributed by atoms with E-state index in [9.17, 15) is 12.8 Å². The molecule has 26 heavy (non-hydrogen) atoms. The van der Waals surface area contributed by atoms with Crippen LogP contribution in [0.2, 0.25) is 0 Å². The van der Waals surface area contributed by atoms with Crippen LogP contribution in [0.3, 0.4) is 0 Å². The maximum atomic E-state index is 14.3. The van der Waals surface area contributed by atoms with Gasteiger partial charge in [-0.05, 0) is 56.5 Å². The van der Waals surface area contributed by atoms with Crippen LogP contribution in [0.5, 0.6) is 0 Å². The lowest BCUT2D eigenvalue weighted by molar-refractivity contribution is 0.583. The van der Waals surface area contributed by atoms with E-state index in [2.05, 4.69) is 5.32 Å². The number of anilines is 3. The molecule has 2 aromatic rings. The minimum atomic E-state index is -3.85. The number of unbranched alkanes of at least 4 members (excludes halogenated alkanes) is 1. The first-order chi connectivity index (χ1) is 12.6. The molecule has 0 aromatic heterocycles. The molecule has 0 atom stereocenters. The van der Waals surface area contributed by atoms with Gasteiger partial charge in [0.2, 0.25) is 0 Å². The molecule has 0 radical (unpaired) electrons. The summed E-state index contributed by atoms with van der Waals surface area (Å²) in [7, 11) is -3.85. The van der Waals surface area contributed by atoms with Crippen molar-refractivity contribution in [2.24, 2.45) is 0 Å². The SMILES string of the molecule is O=S1(=O)N(CCCCNC2CC2)c2ccccc2N1c1ccccc1F. The topological polar surface area (TPSA) is 52.7 Å². The highest BCUT2D eigenvalue weighted by Gasteiger charge is 2.41. The number of hydrogen-bond acceptors (Lipinski definition) is 3. The minimum Gasteiger partial charge on any atom is -0.314 e. The molecule has 0 unspecified atom stereocenters. The van der Waals surface area contributed by atoms with Crippen LogP contribution in [0, 0.1) is 5.82 Å². The van der Waals surface area contributed by atoms with Crippen molar-refractivity contribution in [1.82, 2.24) is 5.32 Å². The zero-order chi connectivity index (χ0) is 18.1. The number of para-hydroxylation sites is 3. The molecule has 0 bridgehead atoms. The molecular formula is C19H22FN3O2S. The van der Waals surface area contributed by atoms with Gasteiger partial charge in [-0.25, -0.2) is 8.70 Å². The molecule has 0 saturated heterocycles. The Bertz CT molecular complexity index is 899. The maximum absolute atomic E-state index is 14.3. The van der Waals surface area contributed by atoms with Crippen LogP contribution in [0.1, 0.15) is 25.7 Å². The van der Waals surface area contributed by atoms with Crippen molar-refractivity contribution < 1.29 is 12.8 Å². The average Bonchev–Trinajstić information content (AvgIpc) is 3.41. The summed E-state index contributed by atoms with van der Waals surface area (Å²) >= 11 is 0. The highest BCUT2D eigenvalue weighted by molar-refractivity contribution is 7.95. The summed E-state index contributed by atoms with van der Waals surface area (Å²) in [5.74, 6) is -0.554. The van der Waals surface area contributed by atoms with Crippen molar-refractivity contribution in [3.8, 4) is 0 Å². The molecule has 4 rings (SSSR count). The third kappa shape index (κ3) is 3.17. The van der Waals surface area contributed by atoms with E-state index < -0.39 is 16.0 Å². The van der Waals surface area contributed by atoms with Gasteiger partial charge in [-0.2, -0.15) is 8.42 Å². The van der Waals surface area contributed by atoms with Crippen LogP contribution in [0.4, 0.5) is 21.5 Å². The Morgan fingerprint density at radius 1 is 0.962 bits per heavy atom. The molecule has 7 heteroatoms. The summed E-state index contributed by atoms with van der Waals surface area (Å²) in [6, 6.07) is 13.7. The summed E-state index contributed by atoms with van der Waals surface area (Å²) in [4.78, 5) is 0. The van der Waals surface area contributed by atoms with Crippen molar-refractivity contribution in [2.75, 3.05) is 21.7 Å². The van der Waals surface area contributed by atoms with Crippen molar-refractivity contribution in [3.63, 3.8) is 0 Å². The van der Waals surface area contributed by atoms with E-state index in [-0.39, 0.29) is 5.69 Å². The third-order valence-electron chi connectivity index (χ3n) is 4.75. The largest absolute Gasteiger partial charge is 0.331 e. The molecule has 1 saturated carbocycles. The van der Waals surface area contributed by atoms with E-state index in [1.807, 2.05) is 0 Å². The standard InChI is InChI=1S/C19H22FN3O2S/c20-16-7-1-2-8-17(16)23-19-10-4-3-9-18(19)22(26(23,24)25)14-6-5-13-21-15-11-12-15/h1-4,7-10,15,21H,5-6,11-14H2. The number of nitrogens with zero attached hydrogens (tertiary/aromatic N) is 2. The van der Waals surface area contributed by atoms with E-state index in [1.54, 1.807) is 36.4 Å². The fourth-order valence-corrected chi connectivity index (χ4v) is 5.03. The maximum Gasteiger partial charge on any atom is 0.331 e. The van der Waals surface area contributed by atoms with Gasteiger partial charge < -0.3 is 5.32 Å². The second-order valence-electron chi connectivity index (χ2n) is 6.72. The lowest BCUT2D eigenvalue weighted by atomic mass is 10.2. The molecule has 1 aliphatic heterocycles. The second kappa shape index (κ2) is 6.89. The van der Waals surface area contributed by atoms with Gasteiger partial charge >= 0.3 is 10.2 Å². The van der Waals surface area contributed by atoms with E-state index >= 15 is 0 Å². The van der Waals surface area contributed by atoms with Crippen molar-refractivity contribution in [3.05, 3.63) is 54.3 Å². The van der Waals surface area contributed by atoms with Gasteiger partial charge in [0.05, 0.1) is 17.1 Å². The first-order valence-electron chi connectivity index (χ1n) is 8.99. The number of hydrogen-bond donors (Lipinski definition) is 1. The normalized spacial score (nSPS) is 18.2. The average molecular weight is 375 g/mol. The molecule has 1 heterocycles. The zero-order valence-corrected chi connectivity index (χ0v) is 15.3. The van der Waals surface area contributed by atoms with E-state index in [0.717, 1.165) is 23.7 Å². The van der Waals surface area contributed by atoms with Crippen molar-refractivity contribution in [2.45, 2.75) is 31.7 Å². The number of nitrogens with one attached hydrogen (secondary N) is 1. The summed E-state index contributed by atoms with van der Waals surface area (Å²) in [6.45, 7) is 1.29. The number of fused-ring (bicyclic) bond motifs is 1. The fraction of sp³-hybridized carbons (Fsp3) is 0.368. The summed E-state index contributed by atoms with van der Waals surface area (Å²) in [5.41, 5.74) is 1.15. The molecule has 1 fully saturated rings. The Labute approximate surface area is 153 Å². The highest BCUT2D eigenvalue weighted by Crippen LogP contribution is 2.45. The summed E-state index contributed by atoms with van der Waals surface area (Å²) < 4.78 is 43.1. The smallest absolute Gasteiger partial charge is 0.314 e. The van der Waals surface area contributed by atoms with E-state index in [0.29, 0.717) is 24.0 Å². The van der Waals surface area contributed by atoms with Gasteiger partial charge in [0.1, 0.15) is 5.82 Å². The predicted octanol–water partition coefficient (Wildman–Crippen LogP) is 3.56. The Kier molecular flexibility index (Phi) is 4.58. The molecule has 0 spiro atoms. The van der Waals surface area contributed by atoms with Crippen LogP contribution in [-0.4, -0.2) is 27.5 Å². The Hall–Kier alpha value is -2.12. The molecule has 0 amide bonds. The van der Waals surface area contributed by atoms with Crippen molar-refractivity contribution in [1.29, 1.82) is 0 Å². The fourth-order valence-electron chi connectivity index (χ4n) is 3.27. The molecular weight excluding hydrogens is 353 g/mol. The van der Waals surface area contributed by atoms with Crippen LogP contribution < -0.4 is 13.9 Å².